The van der Waals surface area contributed by atoms with Crippen LogP contribution in [0.4, 0.5) is 16.4 Å². The van der Waals surface area contributed by atoms with Crippen LogP contribution in [-0.2, 0) is 7.05 Å². The second-order valence-electron chi connectivity index (χ2n) is 5.93. The molecule has 10 heteroatoms. The van der Waals surface area contributed by atoms with E-state index in [0.717, 1.165) is 24.9 Å². The van der Waals surface area contributed by atoms with Gasteiger partial charge in [-0.1, -0.05) is 11.6 Å². The predicted molar refractivity (Wildman–Crippen MR) is 91.4 cm³/mol. The minimum Gasteiger partial charge on any atom is -0.473 e. The van der Waals surface area contributed by atoms with E-state index in [1.54, 1.807) is 17.1 Å². The number of amides is 1. The summed E-state index contributed by atoms with van der Waals surface area (Å²) in [5.41, 5.74) is 0.749. The monoisotopic (exact) mass is 366 g/mol. The molecule has 0 spiro atoms. The molecule has 25 heavy (non-hydrogen) atoms. The van der Waals surface area contributed by atoms with E-state index in [2.05, 4.69) is 25.7 Å². The van der Waals surface area contributed by atoms with Crippen molar-refractivity contribution in [2.75, 3.05) is 5.32 Å². The Morgan fingerprint density at radius 2 is 2.28 bits per heavy atom. The molecule has 3 N–H and O–H groups in total. The van der Waals surface area contributed by atoms with E-state index in [1.165, 1.54) is 6.20 Å². The van der Waals surface area contributed by atoms with Gasteiger partial charge in [0.1, 0.15) is 11.1 Å². The Morgan fingerprint density at radius 3 is 3.00 bits per heavy atom. The predicted octanol–water partition coefficient (Wildman–Crippen LogP) is 2.56. The Hall–Kier alpha value is -2.55. The van der Waals surface area contributed by atoms with Gasteiger partial charge >= 0.3 is 6.09 Å². The quantitative estimate of drug-likeness (QED) is 0.744. The summed E-state index contributed by atoms with van der Waals surface area (Å²) < 4.78 is 7.56. The van der Waals surface area contributed by atoms with E-state index in [0.29, 0.717) is 17.4 Å². The lowest BCUT2D eigenvalue weighted by Gasteiger charge is -2.29. The van der Waals surface area contributed by atoms with Gasteiger partial charge in [0.05, 0.1) is 18.1 Å². The second-order valence-corrected chi connectivity index (χ2v) is 6.33. The normalized spacial score (nSPS) is 20.1. The number of rotatable bonds is 5. The summed E-state index contributed by atoms with van der Waals surface area (Å²) in [4.78, 5) is 19.2. The van der Waals surface area contributed by atoms with E-state index >= 15 is 0 Å². The van der Waals surface area contributed by atoms with Gasteiger partial charge in [0.25, 0.3) is 0 Å². The summed E-state index contributed by atoms with van der Waals surface area (Å²) in [6.45, 7) is 0. The first kappa shape index (κ1) is 17.3. The highest BCUT2D eigenvalue weighted by atomic mass is 35.5. The standard InChI is InChI=1S/C15H19ClN6O3/c1-22-8-10(6-18-22)19-14-17-7-12(16)13(21-14)25-11-4-2-3-9(5-11)20-15(23)24/h6-9,11,20H,2-5H2,1H3,(H,23,24)(H,17,19,21). The summed E-state index contributed by atoms with van der Waals surface area (Å²) in [6.07, 6.45) is 6.83. The van der Waals surface area contributed by atoms with Crippen LogP contribution < -0.4 is 15.4 Å². The molecule has 1 aliphatic rings. The van der Waals surface area contributed by atoms with Gasteiger partial charge in [-0.05, 0) is 19.3 Å². The molecule has 0 aromatic carbocycles. The molecule has 2 heterocycles. The van der Waals surface area contributed by atoms with E-state index in [4.69, 9.17) is 21.4 Å². The second kappa shape index (κ2) is 7.56. The summed E-state index contributed by atoms with van der Waals surface area (Å²) in [5.74, 6) is 0.632. The van der Waals surface area contributed by atoms with Gasteiger partial charge < -0.3 is 20.5 Å². The van der Waals surface area contributed by atoms with Crippen molar-refractivity contribution in [3.05, 3.63) is 23.6 Å². The van der Waals surface area contributed by atoms with Gasteiger partial charge in [0, 0.05) is 25.7 Å². The first-order valence-corrected chi connectivity index (χ1v) is 8.31. The molecule has 0 bridgehead atoms. The van der Waals surface area contributed by atoms with Gasteiger partial charge in [0.15, 0.2) is 0 Å². The third kappa shape index (κ3) is 4.72. The van der Waals surface area contributed by atoms with Crippen molar-refractivity contribution in [2.45, 2.75) is 37.8 Å². The Balaban J connectivity index is 1.67. The van der Waals surface area contributed by atoms with Crippen LogP contribution in [0, 0.1) is 0 Å². The number of carbonyl (C=O) groups is 1. The van der Waals surface area contributed by atoms with Crippen LogP contribution in [0.3, 0.4) is 0 Å². The lowest BCUT2D eigenvalue weighted by Crippen LogP contribution is -2.40. The summed E-state index contributed by atoms with van der Waals surface area (Å²) in [5, 5.41) is 18.8. The van der Waals surface area contributed by atoms with E-state index in [9.17, 15) is 4.79 Å². The number of anilines is 2. The van der Waals surface area contributed by atoms with Crippen LogP contribution in [0.25, 0.3) is 0 Å². The number of aryl methyl sites for hydroxylation is 1. The topological polar surface area (TPSA) is 114 Å². The average molecular weight is 367 g/mol. The maximum absolute atomic E-state index is 10.8. The molecular weight excluding hydrogens is 348 g/mol. The highest BCUT2D eigenvalue weighted by Crippen LogP contribution is 2.28. The molecule has 3 rings (SSSR count). The Kier molecular flexibility index (Phi) is 5.22. The van der Waals surface area contributed by atoms with Gasteiger partial charge in [-0.15, -0.1) is 0 Å². The maximum Gasteiger partial charge on any atom is 0.404 e. The fourth-order valence-electron chi connectivity index (χ4n) is 2.82. The van der Waals surface area contributed by atoms with Crippen molar-refractivity contribution in [3.8, 4) is 5.88 Å². The van der Waals surface area contributed by atoms with E-state index in [1.807, 2.05) is 7.05 Å². The molecule has 2 aromatic rings. The van der Waals surface area contributed by atoms with Gasteiger partial charge in [-0.25, -0.2) is 9.78 Å². The highest BCUT2D eigenvalue weighted by Gasteiger charge is 2.25. The van der Waals surface area contributed by atoms with Crippen LogP contribution in [0.1, 0.15) is 25.7 Å². The van der Waals surface area contributed by atoms with Crippen molar-refractivity contribution in [1.82, 2.24) is 25.1 Å². The minimum atomic E-state index is -1.02. The number of ether oxygens (including phenoxy) is 1. The molecule has 134 valence electrons. The van der Waals surface area contributed by atoms with Gasteiger partial charge in [-0.3, -0.25) is 4.68 Å². The lowest BCUT2D eigenvalue weighted by molar-refractivity contribution is 0.125. The number of hydrogen-bond donors (Lipinski definition) is 3. The fraction of sp³-hybridized carbons (Fsp3) is 0.467. The fourth-order valence-corrected chi connectivity index (χ4v) is 2.96. The molecular formula is C15H19ClN6O3. The van der Waals surface area contributed by atoms with Crippen molar-refractivity contribution >= 4 is 29.3 Å². The van der Waals surface area contributed by atoms with E-state index < -0.39 is 6.09 Å². The highest BCUT2D eigenvalue weighted by molar-refractivity contribution is 6.31. The Bertz CT molecular complexity index is 753. The third-order valence-corrected chi connectivity index (χ3v) is 4.16. The largest absolute Gasteiger partial charge is 0.473 e. The first-order chi connectivity index (χ1) is 12.0. The number of hydrogen-bond acceptors (Lipinski definition) is 6. The molecule has 2 aromatic heterocycles. The van der Waals surface area contributed by atoms with Crippen LogP contribution in [0.15, 0.2) is 18.6 Å². The number of halogens is 1. The molecule has 1 fully saturated rings. The SMILES string of the molecule is Cn1cc(Nc2ncc(Cl)c(OC3CCCC(NC(=O)O)C3)n2)cn1. The van der Waals surface area contributed by atoms with Crippen LogP contribution >= 0.6 is 11.6 Å². The smallest absolute Gasteiger partial charge is 0.404 e. The molecule has 0 radical (unpaired) electrons. The number of carboxylic acid groups (broad SMARTS) is 1. The van der Waals surface area contributed by atoms with Crippen LogP contribution in [0.5, 0.6) is 5.88 Å². The first-order valence-electron chi connectivity index (χ1n) is 7.94. The van der Waals surface area contributed by atoms with Crippen molar-refractivity contribution in [2.24, 2.45) is 7.05 Å². The zero-order valence-corrected chi connectivity index (χ0v) is 14.4. The molecule has 2 atom stereocenters. The van der Waals surface area contributed by atoms with E-state index in [-0.39, 0.29) is 18.0 Å². The zero-order chi connectivity index (χ0) is 17.8. The van der Waals surface area contributed by atoms with Crippen molar-refractivity contribution < 1.29 is 14.6 Å². The zero-order valence-electron chi connectivity index (χ0n) is 13.6. The minimum absolute atomic E-state index is 0.121. The molecule has 9 nitrogen and oxygen atoms in total. The molecule has 1 saturated carbocycles. The number of nitrogens with zero attached hydrogens (tertiary/aromatic N) is 4. The van der Waals surface area contributed by atoms with Gasteiger partial charge in [0.2, 0.25) is 11.8 Å². The summed E-state index contributed by atoms with van der Waals surface area (Å²) >= 11 is 6.14. The third-order valence-electron chi connectivity index (χ3n) is 3.90. The van der Waals surface area contributed by atoms with Crippen molar-refractivity contribution in [1.29, 1.82) is 0 Å². The molecule has 1 amide bonds. The molecule has 2 unspecified atom stereocenters. The lowest BCUT2D eigenvalue weighted by atomic mass is 9.93. The van der Waals surface area contributed by atoms with Gasteiger partial charge in [-0.2, -0.15) is 10.1 Å². The van der Waals surface area contributed by atoms with Crippen molar-refractivity contribution in [3.63, 3.8) is 0 Å². The number of nitrogens with one attached hydrogen (secondary N) is 2. The van der Waals surface area contributed by atoms with Crippen LogP contribution in [0.2, 0.25) is 5.02 Å². The Morgan fingerprint density at radius 1 is 1.44 bits per heavy atom. The average Bonchev–Trinajstić information content (AvgIpc) is 2.95. The molecule has 1 aliphatic carbocycles. The summed E-state index contributed by atoms with van der Waals surface area (Å²) in [7, 11) is 1.81. The summed E-state index contributed by atoms with van der Waals surface area (Å²) in [6, 6.07) is -0.121. The molecule has 0 saturated heterocycles. The molecule has 0 aliphatic heterocycles. The van der Waals surface area contributed by atoms with Crippen LogP contribution in [-0.4, -0.2) is 43.1 Å². The Labute approximate surface area is 149 Å². The number of aromatic nitrogens is 4. The maximum atomic E-state index is 10.8.